The zero-order valence-corrected chi connectivity index (χ0v) is 16.6. The Kier molecular flexibility index (Phi) is 5.07. The number of halogens is 2. The smallest absolute Gasteiger partial charge is 0.411 e. The van der Waals surface area contributed by atoms with Crippen LogP contribution in [0.1, 0.15) is 27.4 Å². The molecule has 0 saturated heterocycles. The number of anilines is 1. The molecular formula is C22H15BrFNO4. The molecule has 2 N–H and O–H groups in total. The third-order valence-corrected chi connectivity index (χ3v) is 5.49. The third kappa shape index (κ3) is 3.61. The lowest BCUT2D eigenvalue weighted by Crippen LogP contribution is -2.19. The monoisotopic (exact) mass is 455 g/mol. The molecule has 29 heavy (non-hydrogen) atoms. The number of carbonyl (C=O) groups excluding carboxylic acids is 1. The molecule has 3 aromatic carbocycles. The first kappa shape index (κ1) is 19.1. The molecule has 0 atom stereocenters. The number of aromatic carboxylic acids is 1. The van der Waals surface area contributed by atoms with Gasteiger partial charge in [-0.3, -0.25) is 5.32 Å². The number of amides is 1. The molecule has 1 aliphatic carbocycles. The van der Waals surface area contributed by atoms with Gasteiger partial charge in [0.1, 0.15) is 12.4 Å². The molecule has 4 rings (SSSR count). The standard InChI is InChI=1S/C22H15BrFNO4/c23-18-9-12(21(26)27)10-19(24)20(18)25-22(28)29-11-17-15-7-3-1-5-13(15)14-6-2-4-8-16(14)17/h1-10,17H,11H2,(H,25,28)(H,26,27). The van der Waals surface area contributed by atoms with E-state index in [4.69, 9.17) is 9.84 Å². The largest absolute Gasteiger partial charge is 0.478 e. The Balaban J connectivity index is 1.51. The van der Waals surface area contributed by atoms with Crippen molar-refractivity contribution in [1.82, 2.24) is 0 Å². The van der Waals surface area contributed by atoms with Crippen LogP contribution in [0, 0.1) is 5.82 Å². The number of ether oxygens (including phenoxy) is 1. The van der Waals surface area contributed by atoms with Gasteiger partial charge in [-0.1, -0.05) is 48.5 Å². The Morgan fingerprint density at radius 2 is 1.62 bits per heavy atom. The lowest BCUT2D eigenvalue weighted by molar-refractivity contribution is 0.0696. The van der Waals surface area contributed by atoms with Gasteiger partial charge in [0.05, 0.1) is 11.3 Å². The number of rotatable bonds is 4. The summed E-state index contributed by atoms with van der Waals surface area (Å²) < 4.78 is 19.7. The van der Waals surface area contributed by atoms with E-state index in [0.29, 0.717) is 0 Å². The van der Waals surface area contributed by atoms with Crippen LogP contribution in [-0.4, -0.2) is 23.8 Å². The van der Waals surface area contributed by atoms with Crippen LogP contribution >= 0.6 is 15.9 Å². The SMILES string of the molecule is O=C(Nc1c(F)cc(C(=O)O)cc1Br)OCC1c2ccccc2-c2ccccc21. The van der Waals surface area contributed by atoms with E-state index >= 15 is 0 Å². The molecule has 7 heteroatoms. The molecular weight excluding hydrogens is 441 g/mol. The summed E-state index contributed by atoms with van der Waals surface area (Å²) in [5.41, 5.74) is 3.95. The number of fused-ring (bicyclic) bond motifs is 3. The lowest BCUT2D eigenvalue weighted by atomic mass is 9.98. The highest BCUT2D eigenvalue weighted by Crippen LogP contribution is 2.44. The molecule has 3 aromatic rings. The first-order valence-electron chi connectivity index (χ1n) is 8.80. The van der Waals surface area contributed by atoms with Crippen molar-refractivity contribution in [2.24, 2.45) is 0 Å². The van der Waals surface area contributed by atoms with Crippen LogP contribution in [0.4, 0.5) is 14.9 Å². The van der Waals surface area contributed by atoms with Gasteiger partial charge in [0.2, 0.25) is 0 Å². The highest BCUT2D eigenvalue weighted by Gasteiger charge is 2.29. The highest BCUT2D eigenvalue weighted by atomic mass is 79.9. The summed E-state index contributed by atoms with van der Waals surface area (Å²) in [5.74, 6) is -2.25. The van der Waals surface area contributed by atoms with E-state index in [2.05, 4.69) is 21.2 Å². The van der Waals surface area contributed by atoms with Crippen LogP contribution < -0.4 is 5.32 Å². The van der Waals surface area contributed by atoms with Gasteiger partial charge in [0.15, 0.2) is 0 Å². The van der Waals surface area contributed by atoms with Crippen LogP contribution in [0.2, 0.25) is 0 Å². The van der Waals surface area contributed by atoms with Gasteiger partial charge >= 0.3 is 12.1 Å². The van der Waals surface area contributed by atoms with Gasteiger partial charge in [0.25, 0.3) is 0 Å². The molecule has 0 aliphatic heterocycles. The minimum atomic E-state index is -1.27. The molecule has 1 aliphatic rings. The average Bonchev–Trinajstić information content (AvgIpc) is 3.03. The number of hydrogen-bond acceptors (Lipinski definition) is 3. The van der Waals surface area contributed by atoms with Crippen molar-refractivity contribution < 1.29 is 23.8 Å². The molecule has 0 bridgehead atoms. The van der Waals surface area contributed by atoms with Gasteiger partial charge < -0.3 is 9.84 Å². The molecule has 0 spiro atoms. The number of carbonyl (C=O) groups is 2. The molecule has 0 aromatic heterocycles. The fourth-order valence-corrected chi connectivity index (χ4v) is 4.09. The summed E-state index contributed by atoms with van der Waals surface area (Å²) in [7, 11) is 0. The fraction of sp³-hybridized carbons (Fsp3) is 0.0909. The van der Waals surface area contributed by atoms with Crippen LogP contribution in [0.25, 0.3) is 11.1 Å². The molecule has 0 fully saturated rings. The Bertz CT molecular complexity index is 1060. The van der Waals surface area contributed by atoms with E-state index in [1.165, 1.54) is 6.07 Å². The van der Waals surface area contributed by atoms with Crippen LogP contribution in [0.5, 0.6) is 0 Å². The summed E-state index contributed by atoms with van der Waals surface area (Å²) in [6.45, 7) is 0.0896. The van der Waals surface area contributed by atoms with E-state index in [0.717, 1.165) is 28.3 Å². The van der Waals surface area contributed by atoms with Crippen molar-refractivity contribution in [2.45, 2.75) is 5.92 Å². The van der Waals surface area contributed by atoms with Crippen LogP contribution in [0.3, 0.4) is 0 Å². The second-order valence-corrected chi connectivity index (χ2v) is 7.42. The third-order valence-electron chi connectivity index (χ3n) is 4.86. The van der Waals surface area contributed by atoms with Gasteiger partial charge in [-0.15, -0.1) is 0 Å². The molecule has 0 radical (unpaired) electrons. The number of nitrogens with one attached hydrogen (secondary N) is 1. The molecule has 0 unspecified atom stereocenters. The van der Waals surface area contributed by atoms with E-state index in [1.54, 1.807) is 0 Å². The normalized spacial score (nSPS) is 12.2. The summed E-state index contributed by atoms with van der Waals surface area (Å²) in [4.78, 5) is 23.3. The predicted octanol–water partition coefficient (Wildman–Crippen LogP) is 5.65. The van der Waals surface area contributed by atoms with Crippen molar-refractivity contribution in [3.8, 4) is 11.1 Å². The van der Waals surface area contributed by atoms with Gasteiger partial charge in [-0.2, -0.15) is 0 Å². The summed E-state index contributed by atoms with van der Waals surface area (Å²) >= 11 is 3.08. The van der Waals surface area contributed by atoms with Crippen molar-refractivity contribution in [2.75, 3.05) is 11.9 Å². The Morgan fingerprint density at radius 1 is 1.03 bits per heavy atom. The summed E-state index contributed by atoms with van der Waals surface area (Å²) in [6, 6.07) is 17.9. The molecule has 1 amide bonds. The van der Waals surface area contributed by atoms with E-state index in [-0.39, 0.29) is 28.2 Å². The van der Waals surface area contributed by atoms with Crippen LogP contribution in [-0.2, 0) is 4.74 Å². The topological polar surface area (TPSA) is 75.6 Å². The number of carboxylic acids is 1. The Hall–Kier alpha value is -3.19. The summed E-state index contributed by atoms with van der Waals surface area (Å²) in [5, 5.41) is 11.3. The number of benzene rings is 3. The lowest BCUT2D eigenvalue weighted by Gasteiger charge is -2.15. The quantitative estimate of drug-likeness (QED) is 0.532. The Morgan fingerprint density at radius 3 is 2.17 bits per heavy atom. The molecule has 0 heterocycles. The number of hydrogen-bond donors (Lipinski definition) is 2. The summed E-state index contributed by atoms with van der Waals surface area (Å²) in [6.07, 6.45) is -0.825. The van der Waals surface area contributed by atoms with Crippen molar-refractivity contribution in [3.63, 3.8) is 0 Å². The molecule has 146 valence electrons. The minimum Gasteiger partial charge on any atom is -0.478 e. The molecule has 0 saturated carbocycles. The highest BCUT2D eigenvalue weighted by molar-refractivity contribution is 9.10. The van der Waals surface area contributed by atoms with Gasteiger partial charge in [-0.05, 0) is 50.3 Å². The average molecular weight is 456 g/mol. The zero-order chi connectivity index (χ0) is 20.5. The second kappa shape index (κ2) is 7.67. The second-order valence-electron chi connectivity index (χ2n) is 6.57. The molecule has 5 nitrogen and oxygen atoms in total. The first-order chi connectivity index (χ1) is 14.0. The van der Waals surface area contributed by atoms with E-state index in [1.807, 2.05) is 48.5 Å². The maximum absolute atomic E-state index is 14.2. The van der Waals surface area contributed by atoms with Crippen LogP contribution in [0.15, 0.2) is 65.1 Å². The fourth-order valence-electron chi connectivity index (χ4n) is 3.55. The van der Waals surface area contributed by atoms with Gasteiger partial charge in [0, 0.05) is 10.4 Å². The minimum absolute atomic E-state index is 0.0896. The Labute approximate surface area is 174 Å². The van der Waals surface area contributed by atoms with E-state index in [9.17, 15) is 14.0 Å². The maximum Gasteiger partial charge on any atom is 0.411 e. The predicted molar refractivity (Wildman–Crippen MR) is 110 cm³/mol. The van der Waals surface area contributed by atoms with Crippen molar-refractivity contribution in [3.05, 3.63) is 87.6 Å². The van der Waals surface area contributed by atoms with Crippen molar-refractivity contribution in [1.29, 1.82) is 0 Å². The van der Waals surface area contributed by atoms with Gasteiger partial charge in [-0.25, -0.2) is 14.0 Å². The van der Waals surface area contributed by atoms with Crippen molar-refractivity contribution >= 4 is 33.7 Å². The zero-order valence-electron chi connectivity index (χ0n) is 15.0. The van der Waals surface area contributed by atoms with E-state index < -0.39 is 17.9 Å². The number of carboxylic acid groups (broad SMARTS) is 1. The maximum atomic E-state index is 14.2. The first-order valence-corrected chi connectivity index (χ1v) is 9.59.